The van der Waals surface area contributed by atoms with E-state index in [1.54, 1.807) is 0 Å². The van der Waals surface area contributed by atoms with E-state index in [4.69, 9.17) is 14.7 Å². The predicted molar refractivity (Wildman–Crippen MR) is 63.6 cm³/mol. The molecule has 0 radical (unpaired) electrons. The van der Waals surface area contributed by atoms with Gasteiger partial charge in [-0.15, -0.1) is 0 Å². The Morgan fingerprint density at radius 2 is 2.00 bits per heavy atom. The van der Waals surface area contributed by atoms with Crippen LogP contribution >= 0.6 is 0 Å². The Kier molecular flexibility index (Phi) is 4.35. The molecule has 9 nitrogen and oxygen atoms in total. The van der Waals surface area contributed by atoms with Crippen LogP contribution in [0.5, 0.6) is 0 Å². The van der Waals surface area contributed by atoms with Crippen molar-refractivity contribution in [1.29, 1.82) is 0 Å². The van der Waals surface area contributed by atoms with E-state index in [0.29, 0.717) is 0 Å². The molecule has 0 aliphatic carbocycles. The number of carboxylic acids is 1. The van der Waals surface area contributed by atoms with E-state index in [9.17, 15) is 21.6 Å². The third-order valence-electron chi connectivity index (χ3n) is 2.05. The van der Waals surface area contributed by atoms with Crippen LogP contribution in [0.4, 0.5) is 0 Å². The van der Waals surface area contributed by atoms with Gasteiger partial charge < -0.3 is 9.52 Å². The van der Waals surface area contributed by atoms with Gasteiger partial charge in [-0.2, -0.15) is 0 Å². The molecule has 0 aromatic carbocycles. The normalized spacial score (nSPS) is 12.5. The van der Waals surface area contributed by atoms with E-state index in [2.05, 4.69) is 0 Å². The lowest BCUT2D eigenvalue weighted by molar-refractivity contribution is 0.0661. The van der Waals surface area contributed by atoms with E-state index in [1.165, 1.54) is 6.92 Å². The average molecular weight is 312 g/mol. The number of nitrogens with two attached hydrogens (primary N) is 1. The Morgan fingerprint density at radius 3 is 2.42 bits per heavy atom. The number of carbonyl (C=O) groups is 1. The van der Waals surface area contributed by atoms with Crippen LogP contribution in [0.1, 0.15) is 16.3 Å². The second kappa shape index (κ2) is 5.28. The minimum atomic E-state index is -4.05. The molecule has 1 heterocycles. The van der Waals surface area contributed by atoms with Crippen molar-refractivity contribution >= 4 is 26.0 Å². The fraction of sp³-hybridized carbons (Fsp3) is 0.375. The number of sulfonamides is 2. The molecule has 0 saturated heterocycles. The van der Waals surface area contributed by atoms with Crippen molar-refractivity contribution in [3.63, 3.8) is 0 Å². The first-order chi connectivity index (χ1) is 8.53. The van der Waals surface area contributed by atoms with Gasteiger partial charge in [0, 0.05) is 12.6 Å². The maximum absolute atomic E-state index is 11.8. The number of hydrogen-bond acceptors (Lipinski definition) is 6. The number of hydrogen-bond donors (Lipinski definition) is 3. The summed E-state index contributed by atoms with van der Waals surface area (Å²) in [5.41, 5.74) is 0. The molecular formula is C8H12N2O7S2. The summed E-state index contributed by atoms with van der Waals surface area (Å²) in [4.78, 5) is 10.3. The van der Waals surface area contributed by atoms with Crippen molar-refractivity contribution < 1.29 is 31.2 Å². The molecule has 1 aromatic rings. The summed E-state index contributed by atoms with van der Waals surface area (Å²) in [7, 11) is -7.84. The zero-order valence-corrected chi connectivity index (χ0v) is 11.4. The molecule has 0 aliphatic rings. The number of furan rings is 1. The van der Waals surface area contributed by atoms with Gasteiger partial charge >= 0.3 is 5.97 Å². The van der Waals surface area contributed by atoms with E-state index in [0.717, 1.165) is 6.07 Å². The second-order valence-corrected chi connectivity index (χ2v) is 7.07. The van der Waals surface area contributed by atoms with Crippen LogP contribution in [0.2, 0.25) is 0 Å². The molecule has 0 unspecified atom stereocenters. The van der Waals surface area contributed by atoms with Crippen molar-refractivity contribution in [3.8, 4) is 0 Å². The molecule has 11 heteroatoms. The summed E-state index contributed by atoms with van der Waals surface area (Å²) in [5, 5.41) is 13.4. The van der Waals surface area contributed by atoms with Gasteiger partial charge in [-0.1, -0.05) is 0 Å². The van der Waals surface area contributed by atoms with Gasteiger partial charge in [-0.3, -0.25) is 0 Å². The molecule has 108 valence electrons. The maximum Gasteiger partial charge on any atom is 0.371 e. The fourth-order valence-electron chi connectivity index (χ4n) is 1.23. The summed E-state index contributed by atoms with van der Waals surface area (Å²) >= 11 is 0. The topological polar surface area (TPSA) is 157 Å². The third kappa shape index (κ3) is 4.31. The SMILES string of the molecule is Cc1oc(C(=O)O)cc1S(=O)(=O)NCCS(N)(=O)=O. The number of nitrogens with one attached hydrogen (secondary N) is 1. The van der Waals surface area contributed by atoms with Crippen molar-refractivity contribution in [2.45, 2.75) is 11.8 Å². The molecule has 1 aromatic heterocycles. The minimum Gasteiger partial charge on any atom is -0.475 e. The quantitative estimate of drug-likeness (QED) is 0.598. The van der Waals surface area contributed by atoms with Crippen LogP contribution in [-0.2, 0) is 20.0 Å². The lowest BCUT2D eigenvalue weighted by atomic mass is 10.4. The largest absolute Gasteiger partial charge is 0.475 e. The molecule has 0 atom stereocenters. The lowest BCUT2D eigenvalue weighted by Gasteiger charge is -2.04. The molecule has 0 amide bonds. The number of primary sulfonamides is 1. The predicted octanol–water partition coefficient (Wildman–Crippen LogP) is -1.15. The fourth-order valence-corrected chi connectivity index (χ4v) is 2.96. The molecule has 0 fully saturated rings. The van der Waals surface area contributed by atoms with E-state index >= 15 is 0 Å². The lowest BCUT2D eigenvalue weighted by Crippen LogP contribution is -2.31. The van der Waals surface area contributed by atoms with Crippen molar-refractivity contribution in [3.05, 3.63) is 17.6 Å². The molecule has 0 spiro atoms. The molecular weight excluding hydrogens is 300 g/mol. The smallest absolute Gasteiger partial charge is 0.371 e. The van der Waals surface area contributed by atoms with Gasteiger partial charge in [0.25, 0.3) is 0 Å². The molecule has 19 heavy (non-hydrogen) atoms. The van der Waals surface area contributed by atoms with Gasteiger partial charge in [0.2, 0.25) is 25.8 Å². The molecule has 0 saturated carbocycles. The highest BCUT2D eigenvalue weighted by Gasteiger charge is 2.23. The van der Waals surface area contributed by atoms with E-state index in [1.807, 2.05) is 4.72 Å². The number of rotatable bonds is 6. The first-order valence-electron chi connectivity index (χ1n) is 4.87. The summed E-state index contributed by atoms with van der Waals surface area (Å²) in [6.45, 7) is 0.856. The standard InChI is InChI=1S/C8H12N2O7S2/c1-5-7(4-6(17-5)8(11)12)19(15,16)10-2-3-18(9,13)14/h4,10H,2-3H2,1H3,(H,11,12)(H2,9,13,14). The Hall–Kier alpha value is -1.43. The Labute approximate surface area is 109 Å². The van der Waals surface area contributed by atoms with Gasteiger partial charge in [-0.25, -0.2) is 31.5 Å². The summed E-state index contributed by atoms with van der Waals surface area (Å²) in [5.74, 6) is -2.62. The van der Waals surface area contributed by atoms with Gasteiger partial charge in [0.1, 0.15) is 10.7 Å². The highest BCUT2D eigenvalue weighted by atomic mass is 32.2. The van der Waals surface area contributed by atoms with Crippen LogP contribution in [-0.4, -0.2) is 40.2 Å². The Morgan fingerprint density at radius 1 is 1.42 bits per heavy atom. The van der Waals surface area contributed by atoms with Crippen LogP contribution in [0.15, 0.2) is 15.4 Å². The first kappa shape index (κ1) is 15.6. The number of aromatic carboxylic acids is 1. The zero-order valence-electron chi connectivity index (χ0n) is 9.78. The molecule has 0 bridgehead atoms. The van der Waals surface area contributed by atoms with Crippen LogP contribution < -0.4 is 9.86 Å². The van der Waals surface area contributed by atoms with Gasteiger partial charge in [0.05, 0.1) is 5.75 Å². The first-order valence-corrected chi connectivity index (χ1v) is 8.06. The van der Waals surface area contributed by atoms with Crippen LogP contribution in [0, 0.1) is 6.92 Å². The Bertz CT molecular complexity index is 687. The summed E-state index contributed by atoms with van der Waals surface area (Å²) < 4.78 is 51.6. The Balaban J connectivity index is 2.92. The van der Waals surface area contributed by atoms with Gasteiger partial charge in [-0.05, 0) is 6.92 Å². The van der Waals surface area contributed by atoms with Crippen LogP contribution in [0.25, 0.3) is 0 Å². The summed E-state index contributed by atoms with van der Waals surface area (Å²) in [6, 6.07) is 0.844. The molecule has 1 rings (SSSR count). The monoisotopic (exact) mass is 312 g/mol. The van der Waals surface area contributed by atoms with Crippen molar-refractivity contribution in [1.82, 2.24) is 4.72 Å². The molecule has 0 aliphatic heterocycles. The van der Waals surface area contributed by atoms with Crippen molar-refractivity contribution in [2.75, 3.05) is 12.3 Å². The second-order valence-electron chi connectivity index (χ2n) is 3.60. The zero-order chi connectivity index (χ0) is 14.8. The van der Waals surface area contributed by atoms with E-state index in [-0.39, 0.29) is 10.7 Å². The summed E-state index contributed by atoms with van der Waals surface area (Å²) in [6.07, 6.45) is 0. The highest BCUT2D eigenvalue weighted by molar-refractivity contribution is 7.90. The highest BCUT2D eigenvalue weighted by Crippen LogP contribution is 2.19. The number of carboxylic acid groups (broad SMARTS) is 1. The minimum absolute atomic E-state index is 0.111. The average Bonchev–Trinajstić information content (AvgIpc) is 2.58. The van der Waals surface area contributed by atoms with Crippen molar-refractivity contribution in [2.24, 2.45) is 5.14 Å². The number of aryl methyl sites for hydroxylation is 1. The van der Waals surface area contributed by atoms with Crippen LogP contribution in [0.3, 0.4) is 0 Å². The maximum atomic E-state index is 11.8. The van der Waals surface area contributed by atoms with Gasteiger partial charge in [0.15, 0.2) is 0 Å². The molecule has 4 N–H and O–H groups in total. The van der Waals surface area contributed by atoms with E-state index < -0.39 is 44.1 Å². The third-order valence-corrected chi connectivity index (χ3v) is 4.39.